The Bertz CT molecular complexity index is 420. The van der Waals surface area contributed by atoms with Gasteiger partial charge in [0.1, 0.15) is 6.10 Å². The molecule has 0 radical (unpaired) electrons. The molecule has 0 unspecified atom stereocenters. The normalized spacial score (nSPS) is 38.5. The van der Waals surface area contributed by atoms with Gasteiger partial charge in [0.25, 0.3) is 0 Å². The molecule has 0 aromatic heterocycles. The van der Waals surface area contributed by atoms with Crippen molar-refractivity contribution in [2.24, 2.45) is 11.8 Å². The minimum atomic E-state index is 0.0579. The third-order valence-corrected chi connectivity index (χ3v) is 6.09. The van der Waals surface area contributed by atoms with Gasteiger partial charge in [0.15, 0.2) is 0 Å². The van der Waals surface area contributed by atoms with Crippen LogP contribution in [-0.2, 0) is 9.47 Å². The van der Waals surface area contributed by atoms with Crippen molar-refractivity contribution in [1.29, 1.82) is 0 Å². The van der Waals surface area contributed by atoms with Gasteiger partial charge < -0.3 is 19.7 Å². The molecule has 0 aromatic carbocycles. The summed E-state index contributed by atoms with van der Waals surface area (Å²) in [7, 11) is 0. The number of amides is 2. The molecule has 2 saturated carbocycles. The Morgan fingerprint density at radius 1 is 0.913 bits per heavy atom. The van der Waals surface area contributed by atoms with Gasteiger partial charge in [0.05, 0.1) is 19.3 Å². The van der Waals surface area contributed by atoms with Crippen LogP contribution >= 0.6 is 0 Å². The Labute approximate surface area is 139 Å². The highest BCUT2D eigenvalue weighted by molar-refractivity contribution is 5.74. The number of urea groups is 1. The lowest BCUT2D eigenvalue weighted by atomic mass is 9.83. The molecule has 5 nitrogen and oxygen atoms in total. The highest BCUT2D eigenvalue weighted by Gasteiger charge is 2.36. The first kappa shape index (κ1) is 15.7. The van der Waals surface area contributed by atoms with E-state index >= 15 is 0 Å². The maximum absolute atomic E-state index is 12.6. The first-order valence-corrected chi connectivity index (χ1v) is 9.58. The third kappa shape index (κ3) is 3.82. The first-order valence-electron chi connectivity index (χ1n) is 9.58. The molecule has 2 aliphatic carbocycles. The maximum atomic E-state index is 12.6. The van der Waals surface area contributed by atoms with Crippen LogP contribution < -0.4 is 5.32 Å². The van der Waals surface area contributed by atoms with Crippen molar-refractivity contribution < 1.29 is 14.3 Å². The monoisotopic (exact) mass is 322 g/mol. The van der Waals surface area contributed by atoms with Gasteiger partial charge >= 0.3 is 6.03 Å². The Morgan fingerprint density at radius 3 is 2.57 bits per heavy atom. The van der Waals surface area contributed by atoms with Crippen molar-refractivity contribution in [3.63, 3.8) is 0 Å². The molecule has 4 rings (SSSR count). The van der Waals surface area contributed by atoms with Gasteiger partial charge in [-0.1, -0.05) is 12.8 Å². The molecule has 23 heavy (non-hydrogen) atoms. The zero-order chi connectivity index (χ0) is 15.6. The van der Waals surface area contributed by atoms with Crippen molar-refractivity contribution in [1.82, 2.24) is 10.2 Å². The van der Waals surface area contributed by atoms with Crippen molar-refractivity contribution in [3.8, 4) is 0 Å². The van der Waals surface area contributed by atoms with Gasteiger partial charge in [-0.05, 0) is 50.4 Å². The van der Waals surface area contributed by atoms with E-state index in [4.69, 9.17) is 9.47 Å². The standard InChI is InChI=1S/C18H30N2O3/c21-18(19-15-4-1-3-14(11-15)13-6-7-13)20-8-10-23-17(12-20)16-5-2-9-22-16/h13-17H,1-12H2,(H,19,21)/t14-,15+,16-,17-/m0/s1. The van der Waals surface area contributed by atoms with Gasteiger partial charge in [-0.15, -0.1) is 0 Å². The largest absolute Gasteiger partial charge is 0.375 e. The van der Waals surface area contributed by atoms with E-state index in [1.165, 1.54) is 32.1 Å². The predicted molar refractivity (Wildman–Crippen MR) is 87.3 cm³/mol. The van der Waals surface area contributed by atoms with Crippen molar-refractivity contribution >= 4 is 6.03 Å². The molecule has 2 heterocycles. The van der Waals surface area contributed by atoms with Crippen LogP contribution in [0.3, 0.4) is 0 Å². The number of morpholine rings is 1. The molecule has 0 bridgehead atoms. The molecular formula is C18H30N2O3. The van der Waals surface area contributed by atoms with E-state index < -0.39 is 0 Å². The minimum absolute atomic E-state index is 0.0579. The predicted octanol–water partition coefficient (Wildman–Crippen LogP) is 2.54. The fourth-order valence-corrected chi connectivity index (χ4v) is 4.60. The highest BCUT2D eigenvalue weighted by atomic mass is 16.5. The van der Waals surface area contributed by atoms with Gasteiger partial charge in [-0.2, -0.15) is 0 Å². The second-order valence-corrected chi connectivity index (χ2v) is 7.82. The van der Waals surface area contributed by atoms with Crippen molar-refractivity contribution in [3.05, 3.63) is 0 Å². The summed E-state index contributed by atoms with van der Waals surface area (Å²) in [6.07, 6.45) is 10.2. The summed E-state index contributed by atoms with van der Waals surface area (Å²) in [5.41, 5.74) is 0. The average molecular weight is 322 g/mol. The summed E-state index contributed by atoms with van der Waals surface area (Å²) in [5, 5.41) is 3.30. The van der Waals surface area contributed by atoms with Crippen LogP contribution in [0.25, 0.3) is 0 Å². The second kappa shape index (κ2) is 6.98. The van der Waals surface area contributed by atoms with Crippen LogP contribution in [0.4, 0.5) is 4.79 Å². The smallest absolute Gasteiger partial charge is 0.317 e. The molecule has 5 heteroatoms. The van der Waals surface area contributed by atoms with Crippen LogP contribution in [0.15, 0.2) is 0 Å². The second-order valence-electron chi connectivity index (χ2n) is 7.82. The molecular weight excluding hydrogens is 292 g/mol. The summed E-state index contributed by atoms with van der Waals surface area (Å²) in [6.45, 7) is 2.85. The maximum Gasteiger partial charge on any atom is 0.317 e. The number of rotatable bonds is 3. The van der Waals surface area contributed by atoms with E-state index in [1.807, 2.05) is 4.90 Å². The fraction of sp³-hybridized carbons (Fsp3) is 0.944. The zero-order valence-electron chi connectivity index (χ0n) is 14.0. The summed E-state index contributed by atoms with van der Waals surface area (Å²) in [4.78, 5) is 14.6. The first-order chi connectivity index (χ1) is 11.3. The molecule has 2 saturated heterocycles. The Balaban J connectivity index is 1.27. The number of carbonyl (C=O) groups is 1. The Morgan fingerprint density at radius 2 is 1.78 bits per heavy atom. The van der Waals surface area contributed by atoms with E-state index in [1.54, 1.807) is 0 Å². The Kier molecular flexibility index (Phi) is 4.76. The number of carbonyl (C=O) groups excluding carboxylic acids is 1. The minimum Gasteiger partial charge on any atom is -0.375 e. The van der Waals surface area contributed by atoms with Crippen molar-refractivity contribution in [2.75, 3.05) is 26.3 Å². The van der Waals surface area contributed by atoms with Crippen molar-refractivity contribution in [2.45, 2.75) is 69.6 Å². The summed E-state index contributed by atoms with van der Waals surface area (Å²) < 4.78 is 11.6. The van der Waals surface area contributed by atoms with Gasteiger partial charge in [0.2, 0.25) is 0 Å². The van der Waals surface area contributed by atoms with Crippen LogP contribution in [0.1, 0.15) is 51.4 Å². The topological polar surface area (TPSA) is 50.8 Å². The number of hydrogen-bond acceptors (Lipinski definition) is 3. The summed E-state index contributed by atoms with van der Waals surface area (Å²) >= 11 is 0. The van der Waals surface area contributed by atoms with Gasteiger partial charge in [0, 0.05) is 19.2 Å². The molecule has 4 atom stereocenters. The third-order valence-electron chi connectivity index (χ3n) is 6.09. The molecule has 0 aromatic rings. The molecule has 2 amide bonds. The SMILES string of the molecule is O=C(N[C@@H]1CCC[C@H](C2CC2)C1)N1CCO[C@H]([C@@H]2CCCO2)C1. The van der Waals surface area contributed by atoms with Crippen LogP contribution in [-0.4, -0.2) is 55.5 Å². The number of nitrogens with zero attached hydrogens (tertiary/aromatic N) is 1. The molecule has 130 valence electrons. The lowest BCUT2D eigenvalue weighted by molar-refractivity contribution is -0.0851. The molecule has 4 fully saturated rings. The van der Waals surface area contributed by atoms with E-state index in [9.17, 15) is 4.79 Å². The van der Waals surface area contributed by atoms with Crippen LogP contribution in [0.2, 0.25) is 0 Å². The molecule has 4 aliphatic rings. The average Bonchev–Trinajstić information content (AvgIpc) is 3.30. The van der Waals surface area contributed by atoms with Crippen LogP contribution in [0.5, 0.6) is 0 Å². The molecule has 2 aliphatic heterocycles. The van der Waals surface area contributed by atoms with E-state index in [2.05, 4.69) is 5.32 Å². The number of hydrogen-bond donors (Lipinski definition) is 1. The summed E-state index contributed by atoms with van der Waals surface area (Å²) in [6, 6.07) is 0.489. The summed E-state index contributed by atoms with van der Waals surface area (Å²) in [5.74, 6) is 1.82. The number of ether oxygens (including phenoxy) is 2. The van der Waals surface area contributed by atoms with Crippen LogP contribution in [0, 0.1) is 11.8 Å². The van der Waals surface area contributed by atoms with Gasteiger partial charge in [-0.25, -0.2) is 4.79 Å². The number of nitrogens with one attached hydrogen (secondary N) is 1. The van der Waals surface area contributed by atoms with E-state index in [-0.39, 0.29) is 18.2 Å². The molecule has 0 spiro atoms. The highest BCUT2D eigenvalue weighted by Crippen LogP contribution is 2.43. The van der Waals surface area contributed by atoms with Gasteiger partial charge in [-0.3, -0.25) is 0 Å². The zero-order valence-corrected chi connectivity index (χ0v) is 14.0. The lowest BCUT2D eigenvalue weighted by Gasteiger charge is -2.37. The quantitative estimate of drug-likeness (QED) is 0.869. The lowest BCUT2D eigenvalue weighted by Crippen LogP contribution is -2.54. The fourth-order valence-electron chi connectivity index (χ4n) is 4.60. The van der Waals surface area contributed by atoms with E-state index in [0.717, 1.165) is 37.7 Å². The van der Waals surface area contributed by atoms with E-state index in [0.29, 0.717) is 25.7 Å². The Hall–Kier alpha value is -0.810. The molecule has 1 N–H and O–H groups in total.